The number of nitrogen functional groups attached to an aromatic ring is 1. The van der Waals surface area contributed by atoms with E-state index in [-0.39, 0.29) is 12.6 Å². The van der Waals surface area contributed by atoms with Crippen molar-refractivity contribution in [1.29, 1.82) is 0 Å². The zero-order valence-electron chi connectivity index (χ0n) is 18.1. The summed E-state index contributed by atoms with van der Waals surface area (Å²) in [7, 11) is 0. The molecule has 1 aromatic heterocycles. The number of nitrogens with zero attached hydrogens (tertiary/aromatic N) is 1. The van der Waals surface area contributed by atoms with Gasteiger partial charge in [0.15, 0.2) is 0 Å². The second-order valence-corrected chi connectivity index (χ2v) is 7.67. The van der Waals surface area contributed by atoms with Gasteiger partial charge in [-0.3, -0.25) is 4.79 Å². The zero-order valence-corrected chi connectivity index (χ0v) is 18.1. The van der Waals surface area contributed by atoms with Crippen LogP contribution in [0, 0.1) is 0 Å². The fraction of sp³-hybridized carbons (Fsp3) is 0.231. The molecule has 4 aromatic rings. The number of carbonyl (C=O) groups is 1. The van der Waals surface area contributed by atoms with Crippen LogP contribution < -0.4 is 11.1 Å². The van der Waals surface area contributed by atoms with Crippen molar-refractivity contribution in [2.24, 2.45) is 0 Å². The Bertz CT molecular complexity index is 1220. The molecule has 0 aliphatic carbocycles. The SMILES string of the molecule is CCOC(=O)CCCc1c(N)cc(CO)cc1Nc1c2ccccc2nc2ccccc12. The molecule has 1 heterocycles. The molecule has 0 atom stereocenters. The van der Waals surface area contributed by atoms with Crippen molar-refractivity contribution >= 4 is 44.8 Å². The summed E-state index contributed by atoms with van der Waals surface area (Å²) in [4.78, 5) is 16.6. The highest BCUT2D eigenvalue weighted by molar-refractivity contribution is 6.08. The van der Waals surface area contributed by atoms with E-state index < -0.39 is 0 Å². The molecular formula is C26H27N3O3. The van der Waals surface area contributed by atoms with E-state index in [1.54, 1.807) is 13.0 Å². The molecule has 3 aromatic carbocycles. The maximum absolute atomic E-state index is 11.8. The first-order chi connectivity index (χ1) is 15.6. The van der Waals surface area contributed by atoms with Crippen molar-refractivity contribution in [1.82, 2.24) is 4.98 Å². The summed E-state index contributed by atoms with van der Waals surface area (Å²) >= 11 is 0. The molecule has 0 bridgehead atoms. The maximum atomic E-state index is 11.8. The lowest BCUT2D eigenvalue weighted by molar-refractivity contribution is -0.143. The summed E-state index contributed by atoms with van der Waals surface area (Å²) < 4.78 is 5.04. The fourth-order valence-electron chi connectivity index (χ4n) is 3.99. The number of aliphatic hydroxyl groups excluding tert-OH is 1. The Morgan fingerprint density at radius 3 is 2.34 bits per heavy atom. The summed E-state index contributed by atoms with van der Waals surface area (Å²) in [5.74, 6) is -0.210. The van der Waals surface area contributed by atoms with Gasteiger partial charge in [-0.15, -0.1) is 0 Å². The number of benzene rings is 3. The molecule has 0 unspecified atom stereocenters. The lowest BCUT2D eigenvalue weighted by Gasteiger charge is -2.19. The molecule has 0 amide bonds. The Morgan fingerprint density at radius 2 is 1.72 bits per heavy atom. The highest BCUT2D eigenvalue weighted by Gasteiger charge is 2.14. The van der Waals surface area contributed by atoms with Gasteiger partial charge in [-0.25, -0.2) is 4.98 Å². The number of aromatic nitrogens is 1. The minimum absolute atomic E-state index is 0.111. The number of aliphatic hydroxyl groups is 1. The lowest BCUT2D eigenvalue weighted by atomic mass is 10.00. The molecule has 32 heavy (non-hydrogen) atoms. The highest BCUT2D eigenvalue weighted by atomic mass is 16.5. The van der Waals surface area contributed by atoms with Crippen molar-refractivity contribution in [3.05, 3.63) is 71.8 Å². The van der Waals surface area contributed by atoms with Crippen molar-refractivity contribution in [3.63, 3.8) is 0 Å². The largest absolute Gasteiger partial charge is 0.466 e. The second-order valence-electron chi connectivity index (χ2n) is 7.67. The Hall–Kier alpha value is -3.64. The first-order valence-electron chi connectivity index (χ1n) is 10.8. The van der Waals surface area contributed by atoms with Crippen LogP contribution in [-0.2, 0) is 22.6 Å². The number of hydrogen-bond acceptors (Lipinski definition) is 6. The monoisotopic (exact) mass is 429 g/mol. The van der Waals surface area contributed by atoms with Crippen LogP contribution in [0.15, 0.2) is 60.7 Å². The number of esters is 1. The topological polar surface area (TPSA) is 97.5 Å². The summed E-state index contributed by atoms with van der Waals surface area (Å²) in [6, 6.07) is 19.7. The number of anilines is 3. The van der Waals surface area contributed by atoms with E-state index in [4.69, 9.17) is 15.5 Å². The van der Waals surface area contributed by atoms with Gasteiger partial charge >= 0.3 is 5.97 Å². The van der Waals surface area contributed by atoms with Crippen LogP contribution in [-0.4, -0.2) is 22.7 Å². The molecule has 0 spiro atoms. The lowest BCUT2D eigenvalue weighted by Crippen LogP contribution is -2.07. The van der Waals surface area contributed by atoms with E-state index in [2.05, 4.69) is 5.32 Å². The fourth-order valence-corrected chi connectivity index (χ4v) is 3.99. The smallest absolute Gasteiger partial charge is 0.305 e. The maximum Gasteiger partial charge on any atom is 0.305 e. The summed E-state index contributed by atoms with van der Waals surface area (Å²) in [5.41, 5.74) is 12.1. The van der Waals surface area contributed by atoms with Crippen LogP contribution in [0.4, 0.5) is 17.1 Å². The third kappa shape index (κ3) is 4.50. The van der Waals surface area contributed by atoms with Gasteiger partial charge in [0.2, 0.25) is 0 Å². The van der Waals surface area contributed by atoms with Crippen molar-refractivity contribution in [2.75, 3.05) is 17.7 Å². The molecule has 164 valence electrons. The van der Waals surface area contributed by atoms with E-state index in [1.807, 2.05) is 54.6 Å². The quantitative estimate of drug-likeness (QED) is 0.205. The molecule has 0 saturated heterocycles. The number of rotatable bonds is 8. The Kier molecular flexibility index (Phi) is 6.52. The number of fused-ring (bicyclic) bond motifs is 2. The van der Waals surface area contributed by atoms with Crippen LogP contribution in [0.2, 0.25) is 0 Å². The molecule has 0 radical (unpaired) electrons. The normalized spacial score (nSPS) is 11.1. The average Bonchev–Trinajstić information content (AvgIpc) is 2.80. The predicted octanol–water partition coefficient (Wildman–Crippen LogP) is 5.09. The molecule has 0 fully saturated rings. The third-order valence-electron chi connectivity index (χ3n) is 5.49. The van der Waals surface area contributed by atoms with Gasteiger partial charge in [-0.05, 0) is 55.2 Å². The highest BCUT2D eigenvalue weighted by Crippen LogP contribution is 2.36. The Morgan fingerprint density at radius 1 is 1.06 bits per heavy atom. The van der Waals surface area contributed by atoms with E-state index >= 15 is 0 Å². The van der Waals surface area contributed by atoms with Crippen LogP contribution in [0.25, 0.3) is 21.8 Å². The summed E-state index contributed by atoms with van der Waals surface area (Å²) in [5, 5.41) is 15.3. The minimum Gasteiger partial charge on any atom is -0.466 e. The number of carbonyl (C=O) groups excluding carboxylic acids is 1. The standard InChI is InChI=1S/C26H27N3O3/c1-2-32-25(31)13-7-10-18-21(27)14-17(16-30)15-24(18)29-26-19-8-3-5-11-22(19)28-23-12-6-4-9-20(23)26/h3-6,8-9,11-12,14-15,30H,2,7,10,13,16,27H2,1H3,(H,28,29). The van der Waals surface area contributed by atoms with E-state index in [9.17, 15) is 9.90 Å². The number of pyridine rings is 1. The predicted molar refractivity (Wildman–Crippen MR) is 129 cm³/mol. The Labute approximate surface area is 187 Å². The van der Waals surface area contributed by atoms with Gasteiger partial charge in [-0.2, -0.15) is 0 Å². The number of nitrogens with one attached hydrogen (secondary N) is 1. The van der Waals surface area contributed by atoms with Gasteiger partial charge in [0.25, 0.3) is 0 Å². The molecule has 6 nitrogen and oxygen atoms in total. The van der Waals surface area contributed by atoms with Crippen molar-refractivity contribution < 1.29 is 14.6 Å². The summed E-state index contributed by atoms with van der Waals surface area (Å²) in [6.07, 6.45) is 1.56. The van der Waals surface area contributed by atoms with Gasteiger partial charge in [0.05, 0.1) is 29.9 Å². The van der Waals surface area contributed by atoms with Crippen LogP contribution in [0.3, 0.4) is 0 Å². The van der Waals surface area contributed by atoms with Crippen molar-refractivity contribution in [3.8, 4) is 0 Å². The van der Waals surface area contributed by atoms with Gasteiger partial charge in [-0.1, -0.05) is 36.4 Å². The van der Waals surface area contributed by atoms with E-state index in [0.717, 1.165) is 44.3 Å². The molecule has 0 aliphatic rings. The molecule has 0 aliphatic heterocycles. The molecule has 4 N–H and O–H groups in total. The van der Waals surface area contributed by atoms with E-state index in [0.29, 0.717) is 31.6 Å². The Balaban J connectivity index is 1.77. The first kappa shape index (κ1) is 21.6. The van der Waals surface area contributed by atoms with Gasteiger partial charge in [0, 0.05) is 28.6 Å². The third-order valence-corrected chi connectivity index (χ3v) is 5.49. The molecule has 0 saturated carbocycles. The molecule has 4 rings (SSSR count). The second kappa shape index (κ2) is 9.66. The number of hydrogen-bond donors (Lipinski definition) is 3. The van der Waals surface area contributed by atoms with Crippen LogP contribution >= 0.6 is 0 Å². The van der Waals surface area contributed by atoms with E-state index in [1.165, 1.54) is 0 Å². The number of nitrogens with two attached hydrogens (primary N) is 1. The number of para-hydroxylation sites is 2. The van der Waals surface area contributed by atoms with Crippen molar-refractivity contribution in [2.45, 2.75) is 32.8 Å². The zero-order chi connectivity index (χ0) is 22.5. The average molecular weight is 430 g/mol. The van der Waals surface area contributed by atoms with Crippen LogP contribution in [0.1, 0.15) is 30.9 Å². The molecule has 6 heteroatoms. The van der Waals surface area contributed by atoms with Gasteiger partial charge < -0.3 is 20.9 Å². The van der Waals surface area contributed by atoms with Crippen LogP contribution in [0.5, 0.6) is 0 Å². The number of ether oxygens (including phenoxy) is 1. The molecular weight excluding hydrogens is 402 g/mol. The summed E-state index contributed by atoms with van der Waals surface area (Å²) in [6.45, 7) is 2.07. The minimum atomic E-state index is -0.210. The van der Waals surface area contributed by atoms with Gasteiger partial charge in [0.1, 0.15) is 0 Å². The first-order valence-corrected chi connectivity index (χ1v) is 10.8.